The molecule has 1 saturated carbocycles. The van der Waals surface area contributed by atoms with E-state index in [4.69, 9.17) is 5.11 Å². The lowest BCUT2D eigenvalue weighted by atomic mass is 9.82. The zero-order valence-electron chi connectivity index (χ0n) is 12.9. The number of carboxylic acids is 1. The van der Waals surface area contributed by atoms with Gasteiger partial charge in [-0.25, -0.2) is 13.2 Å². The maximum absolute atomic E-state index is 12.8. The molecule has 0 radical (unpaired) electrons. The third-order valence-electron chi connectivity index (χ3n) is 5.01. The van der Waals surface area contributed by atoms with Gasteiger partial charge in [0.2, 0.25) is 5.91 Å². The summed E-state index contributed by atoms with van der Waals surface area (Å²) in [6, 6.07) is 4.91. The van der Waals surface area contributed by atoms with Gasteiger partial charge in [-0.3, -0.25) is 4.79 Å². The number of hydrogen-bond donors (Lipinski definition) is 1. The van der Waals surface area contributed by atoms with Gasteiger partial charge < -0.3 is 10.0 Å². The van der Waals surface area contributed by atoms with Crippen molar-refractivity contribution >= 4 is 21.7 Å². The van der Waals surface area contributed by atoms with E-state index in [9.17, 15) is 18.0 Å². The van der Waals surface area contributed by atoms with Gasteiger partial charge in [-0.15, -0.1) is 0 Å². The number of amides is 1. The van der Waals surface area contributed by atoms with E-state index in [1.807, 2.05) is 0 Å². The molecule has 1 aliphatic carbocycles. The van der Waals surface area contributed by atoms with Crippen LogP contribution in [0.1, 0.15) is 40.7 Å². The minimum atomic E-state index is -3.46. The summed E-state index contributed by atoms with van der Waals surface area (Å²) in [6.45, 7) is 0.738. The molecule has 1 aromatic carbocycles. The summed E-state index contributed by atoms with van der Waals surface area (Å²) in [5, 5.41) is 9.08. The highest BCUT2D eigenvalue weighted by Crippen LogP contribution is 2.41. The van der Waals surface area contributed by atoms with E-state index in [-0.39, 0.29) is 18.0 Å². The highest BCUT2D eigenvalue weighted by atomic mass is 32.2. The molecule has 0 atom stereocenters. The van der Waals surface area contributed by atoms with Crippen LogP contribution >= 0.6 is 0 Å². The first kappa shape index (κ1) is 16.0. The van der Waals surface area contributed by atoms with E-state index in [0.717, 1.165) is 23.8 Å². The van der Waals surface area contributed by atoms with Crippen molar-refractivity contribution in [2.75, 3.05) is 12.8 Å². The monoisotopic (exact) mass is 337 g/mol. The van der Waals surface area contributed by atoms with Crippen molar-refractivity contribution in [3.63, 3.8) is 0 Å². The minimum Gasteiger partial charge on any atom is -0.478 e. The summed E-state index contributed by atoms with van der Waals surface area (Å²) in [5.74, 6) is -1.35. The van der Waals surface area contributed by atoms with Crippen LogP contribution in [-0.4, -0.2) is 47.8 Å². The van der Waals surface area contributed by atoms with Crippen LogP contribution in [0.4, 0.5) is 0 Å². The van der Waals surface area contributed by atoms with Crippen molar-refractivity contribution in [1.29, 1.82) is 0 Å². The van der Waals surface area contributed by atoms with Gasteiger partial charge in [-0.1, -0.05) is 6.07 Å². The molecule has 0 aromatic heterocycles. The summed E-state index contributed by atoms with van der Waals surface area (Å²) in [4.78, 5) is 25.5. The fourth-order valence-electron chi connectivity index (χ4n) is 3.39. The average molecular weight is 337 g/mol. The van der Waals surface area contributed by atoms with Gasteiger partial charge in [0, 0.05) is 19.3 Å². The molecule has 1 N–H and O–H groups in total. The maximum atomic E-state index is 12.8. The minimum absolute atomic E-state index is 0.180. The normalized spacial score (nSPS) is 19.6. The number of hydrogen-bond acceptors (Lipinski definition) is 4. The number of carbonyl (C=O) groups is 2. The third-order valence-corrected chi connectivity index (χ3v) is 7.02. The number of aromatic carboxylic acids is 1. The van der Waals surface area contributed by atoms with Crippen LogP contribution in [0.5, 0.6) is 0 Å². The quantitative estimate of drug-likeness (QED) is 0.896. The Labute approximate surface area is 135 Å². The molecule has 3 rings (SSSR count). The van der Waals surface area contributed by atoms with Crippen molar-refractivity contribution in [1.82, 2.24) is 4.90 Å². The second-order valence-electron chi connectivity index (χ2n) is 6.39. The first-order valence-corrected chi connectivity index (χ1v) is 9.48. The van der Waals surface area contributed by atoms with Gasteiger partial charge in [0.15, 0.2) is 14.6 Å². The Bertz CT molecular complexity index is 780. The second-order valence-corrected chi connectivity index (χ2v) is 8.71. The van der Waals surface area contributed by atoms with Crippen molar-refractivity contribution < 1.29 is 23.1 Å². The number of nitrogens with zero attached hydrogens (tertiary/aromatic N) is 1. The Morgan fingerprint density at radius 1 is 1.22 bits per heavy atom. The average Bonchev–Trinajstić information content (AvgIpc) is 2.43. The van der Waals surface area contributed by atoms with Crippen LogP contribution in [0.3, 0.4) is 0 Å². The van der Waals surface area contributed by atoms with E-state index < -0.39 is 20.6 Å². The standard InChI is InChI=1S/C16H19NO5S/c1-23(21,22)16(6-2-7-16)15(20)17-8-5-11-3-4-12(14(18)19)9-13(11)10-17/h3-4,9H,2,5-8,10H2,1H3,(H,18,19). The highest BCUT2D eigenvalue weighted by molar-refractivity contribution is 7.93. The Morgan fingerprint density at radius 3 is 2.43 bits per heavy atom. The number of sulfone groups is 1. The Morgan fingerprint density at radius 2 is 1.91 bits per heavy atom. The lowest BCUT2D eigenvalue weighted by Gasteiger charge is -2.43. The molecule has 0 bridgehead atoms. The number of benzene rings is 1. The molecule has 23 heavy (non-hydrogen) atoms. The molecular weight excluding hydrogens is 318 g/mol. The number of fused-ring (bicyclic) bond motifs is 1. The van der Waals surface area contributed by atoms with Crippen molar-refractivity contribution in [3.8, 4) is 0 Å². The van der Waals surface area contributed by atoms with E-state index in [2.05, 4.69) is 0 Å². The highest BCUT2D eigenvalue weighted by Gasteiger charge is 2.54. The smallest absolute Gasteiger partial charge is 0.335 e. The first-order chi connectivity index (χ1) is 10.7. The largest absolute Gasteiger partial charge is 0.478 e. The molecular formula is C16H19NO5S. The Kier molecular flexibility index (Phi) is 3.71. The summed E-state index contributed by atoms with van der Waals surface area (Å²) >= 11 is 0. The van der Waals surface area contributed by atoms with Crippen LogP contribution in [0.25, 0.3) is 0 Å². The predicted octanol–water partition coefficient (Wildman–Crippen LogP) is 1.24. The van der Waals surface area contributed by atoms with Gasteiger partial charge in [0.1, 0.15) is 0 Å². The van der Waals surface area contributed by atoms with E-state index in [0.29, 0.717) is 25.8 Å². The SMILES string of the molecule is CS(=O)(=O)C1(C(=O)N2CCc3ccc(C(=O)O)cc3C2)CCC1. The van der Waals surface area contributed by atoms with Crippen molar-refractivity contribution in [3.05, 3.63) is 34.9 Å². The molecule has 0 spiro atoms. The first-order valence-electron chi connectivity index (χ1n) is 7.59. The molecule has 7 heteroatoms. The van der Waals surface area contributed by atoms with E-state index in [1.165, 1.54) is 0 Å². The number of carbonyl (C=O) groups excluding carboxylic acids is 1. The number of carboxylic acid groups (broad SMARTS) is 1. The van der Waals surface area contributed by atoms with Crippen LogP contribution < -0.4 is 0 Å². The Balaban J connectivity index is 1.88. The van der Waals surface area contributed by atoms with Gasteiger partial charge >= 0.3 is 5.97 Å². The van der Waals surface area contributed by atoms with Crippen LogP contribution in [0.2, 0.25) is 0 Å². The topological polar surface area (TPSA) is 91.8 Å². The van der Waals surface area contributed by atoms with Gasteiger partial charge in [-0.05, 0) is 48.9 Å². The van der Waals surface area contributed by atoms with Crippen molar-refractivity contribution in [2.45, 2.75) is 37.0 Å². The molecule has 2 aliphatic rings. The van der Waals surface area contributed by atoms with Gasteiger partial charge in [-0.2, -0.15) is 0 Å². The maximum Gasteiger partial charge on any atom is 0.335 e. The molecule has 1 fully saturated rings. The Hall–Kier alpha value is -1.89. The zero-order valence-corrected chi connectivity index (χ0v) is 13.7. The van der Waals surface area contributed by atoms with E-state index >= 15 is 0 Å². The fraction of sp³-hybridized carbons (Fsp3) is 0.500. The van der Waals surface area contributed by atoms with Gasteiger partial charge in [0.25, 0.3) is 0 Å². The molecule has 1 amide bonds. The van der Waals surface area contributed by atoms with E-state index in [1.54, 1.807) is 23.1 Å². The summed E-state index contributed by atoms with van der Waals surface area (Å²) in [7, 11) is -3.46. The van der Waals surface area contributed by atoms with Crippen LogP contribution in [0.15, 0.2) is 18.2 Å². The van der Waals surface area contributed by atoms with Crippen molar-refractivity contribution in [2.24, 2.45) is 0 Å². The van der Waals surface area contributed by atoms with Crippen LogP contribution in [-0.2, 0) is 27.6 Å². The molecule has 1 aromatic rings. The van der Waals surface area contributed by atoms with Gasteiger partial charge in [0.05, 0.1) is 5.56 Å². The molecule has 0 saturated heterocycles. The molecule has 1 heterocycles. The van der Waals surface area contributed by atoms with Crippen LogP contribution in [0, 0.1) is 0 Å². The molecule has 6 nitrogen and oxygen atoms in total. The third kappa shape index (κ3) is 2.52. The number of rotatable bonds is 3. The summed E-state index contributed by atoms with van der Waals surface area (Å²) < 4.78 is 22.9. The summed E-state index contributed by atoms with van der Waals surface area (Å²) in [5.41, 5.74) is 1.98. The second kappa shape index (κ2) is 5.33. The predicted molar refractivity (Wildman–Crippen MR) is 83.9 cm³/mol. The lowest BCUT2D eigenvalue weighted by molar-refractivity contribution is -0.137. The molecule has 1 aliphatic heterocycles. The fourth-order valence-corrected chi connectivity index (χ4v) is 4.87. The molecule has 124 valence electrons. The summed E-state index contributed by atoms with van der Waals surface area (Å²) in [6.07, 6.45) is 3.24. The zero-order chi connectivity index (χ0) is 16.8. The lowest BCUT2D eigenvalue weighted by Crippen LogP contribution is -2.58. The molecule has 0 unspecified atom stereocenters.